The zero-order valence-electron chi connectivity index (χ0n) is 8.71. The molecule has 1 aromatic rings. The standard InChI is InChI=1S/C12H16BrNS/c13-10-3-4-15-12(10)7-14-11-6-8-1-2-9(11)5-8/h3-4,8-9,11,14H,1-2,5-7H2. The van der Waals surface area contributed by atoms with Gasteiger partial charge in [0.25, 0.3) is 0 Å². The van der Waals surface area contributed by atoms with E-state index in [9.17, 15) is 0 Å². The minimum absolute atomic E-state index is 0.803. The van der Waals surface area contributed by atoms with E-state index in [1.807, 2.05) is 11.3 Å². The third-order valence-corrected chi connectivity index (χ3v) is 5.88. The van der Waals surface area contributed by atoms with Gasteiger partial charge < -0.3 is 5.32 Å². The molecule has 2 aliphatic rings. The molecule has 2 aliphatic carbocycles. The highest BCUT2D eigenvalue weighted by Gasteiger charge is 2.38. The molecule has 0 saturated heterocycles. The van der Waals surface area contributed by atoms with E-state index >= 15 is 0 Å². The Labute approximate surface area is 103 Å². The summed E-state index contributed by atoms with van der Waals surface area (Å²) in [5.41, 5.74) is 0. The molecule has 0 spiro atoms. The Morgan fingerprint density at radius 3 is 2.93 bits per heavy atom. The van der Waals surface area contributed by atoms with Gasteiger partial charge in [-0.25, -0.2) is 0 Å². The van der Waals surface area contributed by atoms with E-state index in [2.05, 4.69) is 32.7 Å². The summed E-state index contributed by atoms with van der Waals surface area (Å²) in [4.78, 5) is 1.44. The zero-order chi connectivity index (χ0) is 10.3. The first-order chi connectivity index (χ1) is 7.33. The first kappa shape index (κ1) is 10.3. The number of halogens is 1. The van der Waals surface area contributed by atoms with Crippen LogP contribution in [0.2, 0.25) is 0 Å². The maximum atomic E-state index is 3.74. The molecule has 15 heavy (non-hydrogen) atoms. The number of nitrogens with one attached hydrogen (secondary N) is 1. The summed E-state index contributed by atoms with van der Waals surface area (Å²) in [6.07, 6.45) is 5.87. The van der Waals surface area contributed by atoms with Crippen LogP contribution in [-0.4, -0.2) is 6.04 Å². The van der Waals surface area contributed by atoms with E-state index in [0.717, 1.165) is 24.4 Å². The van der Waals surface area contributed by atoms with Crippen LogP contribution >= 0.6 is 27.3 Å². The van der Waals surface area contributed by atoms with Crippen molar-refractivity contribution in [3.05, 3.63) is 20.8 Å². The largest absolute Gasteiger partial charge is 0.309 e. The zero-order valence-corrected chi connectivity index (χ0v) is 11.1. The molecule has 3 rings (SSSR count). The summed E-state index contributed by atoms with van der Waals surface area (Å²) >= 11 is 5.43. The second-order valence-corrected chi connectivity index (χ2v) is 6.71. The van der Waals surface area contributed by atoms with E-state index in [-0.39, 0.29) is 0 Å². The first-order valence-electron chi connectivity index (χ1n) is 5.78. The van der Waals surface area contributed by atoms with E-state index < -0.39 is 0 Å². The molecule has 0 aromatic carbocycles. The van der Waals surface area contributed by atoms with Gasteiger partial charge in [0.1, 0.15) is 0 Å². The molecule has 0 amide bonds. The number of hydrogen-bond acceptors (Lipinski definition) is 2. The molecular weight excluding hydrogens is 270 g/mol. The Morgan fingerprint density at radius 2 is 2.33 bits per heavy atom. The summed E-state index contributed by atoms with van der Waals surface area (Å²) in [6, 6.07) is 2.94. The van der Waals surface area contributed by atoms with Crippen molar-refractivity contribution in [1.82, 2.24) is 5.32 Å². The number of thiophene rings is 1. The molecule has 3 unspecified atom stereocenters. The van der Waals surface area contributed by atoms with Crippen LogP contribution in [0.5, 0.6) is 0 Å². The van der Waals surface area contributed by atoms with Gasteiger partial charge >= 0.3 is 0 Å². The van der Waals surface area contributed by atoms with Gasteiger partial charge in [0, 0.05) is 21.9 Å². The van der Waals surface area contributed by atoms with Crippen LogP contribution in [0.1, 0.15) is 30.6 Å². The molecule has 2 saturated carbocycles. The van der Waals surface area contributed by atoms with Gasteiger partial charge in [0.2, 0.25) is 0 Å². The maximum absolute atomic E-state index is 3.74. The maximum Gasteiger partial charge on any atom is 0.0327 e. The second kappa shape index (κ2) is 4.19. The molecule has 1 nitrogen and oxygen atoms in total. The first-order valence-corrected chi connectivity index (χ1v) is 7.45. The summed E-state index contributed by atoms with van der Waals surface area (Å²) in [7, 11) is 0. The van der Waals surface area contributed by atoms with Crippen LogP contribution in [-0.2, 0) is 6.54 Å². The van der Waals surface area contributed by atoms with Crippen LogP contribution in [0.15, 0.2) is 15.9 Å². The Balaban J connectivity index is 1.57. The topological polar surface area (TPSA) is 12.0 Å². The average molecular weight is 286 g/mol. The molecule has 1 aromatic heterocycles. The lowest BCUT2D eigenvalue weighted by atomic mass is 9.95. The van der Waals surface area contributed by atoms with Crippen molar-refractivity contribution in [3.63, 3.8) is 0 Å². The van der Waals surface area contributed by atoms with Crippen LogP contribution in [0.25, 0.3) is 0 Å². The third-order valence-electron chi connectivity index (χ3n) is 3.95. The summed E-state index contributed by atoms with van der Waals surface area (Å²) in [6.45, 7) is 1.05. The Hall–Kier alpha value is 0.140. The van der Waals surface area contributed by atoms with Crippen molar-refractivity contribution in [3.8, 4) is 0 Å². The van der Waals surface area contributed by atoms with Crippen molar-refractivity contribution in [1.29, 1.82) is 0 Å². The summed E-state index contributed by atoms with van der Waals surface area (Å²) in [5, 5.41) is 5.89. The minimum Gasteiger partial charge on any atom is -0.309 e. The van der Waals surface area contributed by atoms with Crippen LogP contribution in [0.3, 0.4) is 0 Å². The Bertz CT molecular complexity index is 349. The van der Waals surface area contributed by atoms with E-state index in [4.69, 9.17) is 0 Å². The molecular formula is C12H16BrNS. The predicted molar refractivity (Wildman–Crippen MR) is 68.1 cm³/mol. The van der Waals surface area contributed by atoms with Crippen molar-refractivity contribution in [2.24, 2.45) is 11.8 Å². The SMILES string of the molecule is Brc1ccsc1CNC1CC2CCC1C2. The molecule has 3 heteroatoms. The highest BCUT2D eigenvalue weighted by Crippen LogP contribution is 2.44. The van der Waals surface area contributed by atoms with Gasteiger partial charge in [-0.2, -0.15) is 0 Å². The molecule has 0 radical (unpaired) electrons. The molecule has 0 aliphatic heterocycles. The normalized spacial score (nSPS) is 33.8. The average Bonchev–Trinajstić information content (AvgIpc) is 2.90. The van der Waals surface area contributed by atoms with Crippen molar-refractivity contribution < 1.29 is 0 Å². The molecule has 2 fully saturated rings. The molecule has 1 N–H and O–H groups in total. The van der Waals surface area contributed by atoms with Gasteiger partial charge in [-0.3, -0.25) is 0 Å². The van der Waals surface area contributed by atoms with Crippen molar-refractivity contribution in [2.75, 3.05) is 0 Å². The predicted octanol–water partition coefficient (Wildman–Crippen LogP) is 3.79. The lowest BCUT2D eigenvalue weighted by Gasteiger charge is -2.22. The molecule has 2 bridgehead atoms. The van der Waals surface area contributed by atoms with Crippen LogP contribution in [0, 0.1) is 11.8 Å². The Kier molecular flexibility index (Phi) is 2.88. The smallest absolute Gasteiger partial charge is 0.0327 e. The highest BCUT2D eigenvalue weighted by atomic mass is 79.9. The molecule has 1 heterocycles. The van der Waals surface area contributed by atoms with E-state index in [1.165, 1.54) is 35.0 Å². The van der Waals surface area contributed by atoms with Gasteiger partial charge in [0.05, 0.1) is 0 Å². The fraction of sp³-hybridized carbons (Fsp3) is 0.667. The quantitative estimate of drug-likeness (QED) is 0.891. The minimum atomic E-state index is 0.803. The van der Waals surface area contributed by atoms with Crippen LogP contribution in [0.4, 0.5) is 0 Å². The number of hydrogen-bond donors (Lipinski definition) is 1. The fourth-order valence-electron chi connectivity index (χ4n) is 3.17. The molecule has 3 atom stereocenters. The van der Waals surface area contributed by atoms with Crippen LogP contribution < -0.4 is 5.32 Å². The summed E-state index contributed by atoms with van der Waals surface area (Å²) in [5.74, 6) is 2.02. The fourth-order valence-corrected chi connectivity index (χ4v) is 4.61. The third kappa shape index (κ3) is 2.02. The lowest BCUT2D eigenvalue weighted by Crippen LogP contribution is -2.33. The van der Waals surface area contributed by atoms with Gasteiger partial charge in [-0.15, -0.1) is 11.3 Å². The monoisotopic (exact) mass is 285 g/mol. The van der Waals surface area contributed by atoms with Crippen molar-refractivity contribution >= 4 is 27.3 Å². The lowest BCUT2D eigenvalue weighted by molar-refractivity contribution is 0.351. The van der Waals surface area contributed by atoms with Crippen molar-refractivity contribution in [2.45, 2.75) is 38.3 Å². The number of rotatable bonds is 3. The van der Waals surface area contributed by atoms with Gasteiger partial charge in [-0.1, -0.05) is 6.42 Å². The van der Waals surface area contributed by atoms with E-state index in [1.54, 1.807) is 0 Å². The van der Waals surface area contributed by atoms with Gasteiger partial charge in [0.15, 0.2) is 0 Å². The number of fused-ring (bicyclic) bond motifs is 2. The van der Waals surface area contributed by atoms with E-state index in [0.29, 0.717) is 0 Å². The highest BCUT2D eigenvalue weighted by molar-refractivity contribution is 9.10. The summed E-state index contributed by atoms with van der Waals surface area (Å²) < 4.78 is 1.27. The second-order valence-electron chi connectivity index (χ2n) is 4.85. The van der Waals surface area contributed by atoms with Gasteiger partial charge in [-0.05, 0) is 58.5 Å². The Morgan fingerprint density at radius 1 is 1.40 bits per heavy atom. The molecule has 82 valence electrons.